The highest BCUT2D eigenvalue weighted by Crippen LogP contribution is 2.76. The third kappa shape index (κ3) is 18.7. The number of aliphatic hydroxyl groups is 17. The third-order valence-corrected chi connectivity index (χ3v) is 30.5. The molecule has 626 valence electrons. The van der Waals surface area contributed by atoms with E-state index in [1.165, 1.54) is 19.9 Å². The van der Waals surface area contributed by atoms with Crippen LogP contribution in [0.5, 0.6) is 0 Å². The van der Waals surface area contributed by atoms with E-state index in [0.29, 0.717) is 71.9 Å². The maximum Gasteiger partial charge on any atom is 0.335 e. The van der Waals surface area contributed by atoms with Crippen LogP contribution in [0.1, 0.15) is 219 Å². The molecular weight excluding hydrogens is 1420 g/mol. The number of hydrogen-bond donors (Lipinski definition) is 20. The second kappa shape index (κ2) is 37.0. The number of carbonyl (C=O) groups is 7. The first kappa shape index (κ1) is 95.1. The number of aliphatic hydroxyl groups excluding tert-OH is 17. The molecular formula is C82H136O27. The summed E-state index contributed by atoms with van der Waals surface area (Å²) in [6.07, 6.45) is 3.43. The number of aliphatic carboxylic acids is 3. The van der Waals surface area contributed by atoms with Gasteiger partial charge >= 0.3 is 17.9 Å². The van der Waals surface area contributed by atoms with Gasteiger partial charge in [0.1, 0.15) is 36.0 Å². The zero-order chi connectivity index (χ0) is 83.5. The Morgan fingerprint density at radius 1 is 0.624 bits per heavy atom. The molecule has 20 N–H and O–H groups in total. The van der Waals surface area contributed by atoms with Gasteiger partial charge in [-0.3, -0.25) is 19.2 Å². The highest BCUT2D eigenvalue weighted by Gasteiger charge is 2.71. The van der Waals surface area contributed by atoms with Crippen LogP contribution in [0.4, 0.5) is 0 Å². The number of fused-ring (bicyclic) bond motifs is 12. The molecule has 10 aliphatic carbocycles. The topological polar surface area (TPSA) is 524 Å². The average molecular weight is 1550 g/mol. The van der Waals surface area contributed by atoms with Crippen molar-refractivity contribution in [2.45, 2.75) is 299 Å². The number of hydrogen-bond acceptors (Lipinski definition) is 24. The van der Waals surface area contributed by atoms with E-state index < -0.39 is 101 Å². The van der Waals surface area contributed by atoms with E-state index in [4.69, 9.17) is 56.2 Å². The fraction of sp³-hybridized carbons (Fsp3) is 0.841. The normalized spacial score (nSPS) is 41.5. The van der Waals surface area contributed by atoms with Crippen LogP contribution in [0.3, 0.4) is 0 Å². The van der Waals surface area contributed by atoms with Gasteiger partial charge in [-0.15, -0.1) is 0 Å². The molecule has 10 aliphatic rings. The molecule has 0 aromatic carbocycles. The second-order valence-electron chi connectivity index (χ2n) is 36.6. The standard InChI is InChI=1S/C31H50O4.C25H42O4.C8H12O4.C7H12O7.C6H12O3.C5H8O5/c1-18-10-13-31(20(3)33)15-14-29(6)21(25(31)19(18)2)8-9-24-27(4)16-22(34)26(35)28(5,17-32)23(27)11-12-30(24,29)7;1-14(5-6-15(2)26)18-7-8-19-23-20(13-22(29)25(18,19)4)24(3)10-9-17(27)11-16(24)12-21(23)28;1-4-2-5(8(11)12)3-6(9)7(4)10;1-2(8)3(9)4(10)5(11)6(12)7(13)14;1-5(9)6(2,3-7)4-8;1-2(6)3(7)4(8)5(9)10/h8,18-19,22-26,32,34-35H,9-17H2,1-7H3;14,16-23,26-29H,2,5-13H2,1,3-4H3;2,4,6-7,9-10H,3H2,1H3,(H,11,12);3-6,9-12H,1H3,(H,13,14);7-8H,3-4H2,1-2H3;3-4,7-8H,1H3,(H,9,10)/t18-,19+,22-,23-,24-,25+,26+,27+,28+,29-,30-,31-;14-,16+,17-,18-,19+,20+,21-,22+,23+,24+,25-;4-,6-,7-;3-,4+,5+,6-;;/m1111../s1. The molecule has 0 saturated heterocycles. The van der Waals surface area contributed by atoms with Crippen molar-refractivity contribution in [3.63, 3.8) is 0 Å². The van der Waals surface area contributed by atoms with Crippen LogP contribution < -0.4 is 0 Å². The van der Waals surface area contributed by atoms with Gasteiger partial charge in [-0.25, -0.2) is 14.4 Å². The Bertz CT molecular complexity index is 3200. The lowest BCUT2D eigenvalue weighted by Crippen LogP contribution is -2.68. The summed E-state index contributed by atoms with van der Waals surface area (Å²) in [5.74, 6) is -1.57. The predicted octanol–water partition coefficient (Wildman–Crippen LogP) is 4.78. The molecule has 109 heavy (non-hydrogen) atoms. The fourth-order valence-corrected chi connectivity index (χ4v) is 22.7. The molecule has 8 fully saturated rings. The van der Waals surface area contributed by atoms with Gasteiger partial charge in [-0.05, 0) is 230 Å². The van der Waals surface area contributed by atoms with Gasteiger partial charge in [-0.1, -0.05) is 93.5 Å². The van der Waals surface area contributed by atoms with Crippen molar-refractivity contribution in [3.05, 3.63) is 35.6 Å². The number of Topliss-reactive ketones (excluding diaryl/α,β-unsaturated/α-hetero) is 4. The van der Waals surface area contributed by atoms with Gasteiger partial charge in [0.15, 0.2) is 23.8 Å². The SMILES string of the molecule is C=C(O)CC[C@@H](C)[C@H]1CC[C@H]2[C@@H]3[C@H](O)C[C@@H]4C[C@H](O)CC[C@]4(C)[C@H]3C[C@H](O)[C@]12C.CC(=O)C(C)(CO)CO.CC(=O)C(O)C(O)C(=O)O.CC(=O)[C@@H](O)[C@H](O)[C@H](O)[C@@H](O)C(=O)O.CC(=O)[C@]12CC[C@@H](C)[C@H](C)[C@H]1C1=CC[C@@H]3[C@@]4(C)C[C@@H](O)[C@H](O)[C@@](C)(CO)[C@@H]4CC[C@@]3(C)[C@]1(C)CC2.C[C@@H]1C=C(C(=O)O)C[C@@H](O)[C@@H]1O. The van der Waals surface area contributed by atoms with Crippen molar-refractivity contribution in [1.82, 2.24) is 0 Å². The Hall–Kier alpha value is -4.53. The van der Waals surface area contributed by atoms with Crippen molar-refractivity contribution >= 4 is 41.0 Å². The van der Waals surface area contributed by atoms with Crippen LogP contribution in [-0.2, 0) is 33.6 Å². The monoisotopic (exact) mass is 1550 g/mol. The molecule has 0 bridgehead atoms. The van der Waals surface area contributed by atoms with Crippen LogP contribution in [-0.4, -0.2) is 242 Å². The summed E-state index contributed by atoms with van der Waals surface area (Å²) in [4.78, 5) is 75.1. The summed E-state index contributed by atoms with van der Waals surface area (Å²) in [5.41, 5.74) is -0.126. The number of carboxylic acid groups (broad SMARTS) is 3. The number of ketones is 4. The van der Waals surface area contributed by atoms with Crippen LogP contribution in [0.2, 0.25) is 0 Å². The van der Waals surface area contributed by atoms with E-state index >= 15 is 0 Å². The van der Waals surface area contributed by atoms with Crippen molar-refractivity contribution in [2.75, 3.05) is 19.8 Å². The van der Waals surface area contributed by atoms with E-state index in [9.17, 15) is 79.5 Å². The zero-order valence-electron chi connectivity index (χ0n) is 66.9. The molecule has 2 unspecified atom stereocenters. The minimum atomic E-state index is -2.25. The lowest BCUT2D eigenvalue weighted by atomic mass is 9.33. The van der Waals surface area contributed by atoms with Crippen molar-refractivity contribution in [1.29, 1.82) is 0 Å². The first-order valence-corrected chi connectivity index (χ1v) is 39.3. The molecule has 0 aliphatic heterocycles. The van der Waals surface area contributed by atoms with Gasteiger partial charge in [0, 0.05) is 35.2 Å². The summed E-state index contributed by atoms with van der Waals surface area (Å²) in [5, 5.41) is 188. The molecule has 27 heteroatoms. The van der Waals surface area contributed by atoms with Crippen LogP contribution in [0.25, 0.3) is 0 Å². The Labute approximate surface area is 642 Å². The minimum absolute atomic E-state index is 0.0286. The summed E-state index contributed by atoms with van der Waals surface area (Å²) >= 11 is 0. The zero-order valence-corrected chi connectivity index (χ0v) is 66.9. The largest absolute Gasteiger partial charge is 0.513 e. The van der Waals surface area contributed by atoms with Gasteiger partial charge in [0.05, 0.1) is 73.7 Å². The third-order valence-electron chi connectivity index (χ3n) is 30.5. The Kier molecular flexibility index (Phi) is 32.2. The Balaban J connectivity index is 0.000000256. The van der Waals surface area contributed by atoms with Crippen molar-refractivity contribution in [3.8, 4) is 0 Å². The van der Waals surface area contributed by atoms with Crippen LogP contribution in [0, 0.1) is 114 Å². The summed E-state index contributed by atoms with van der Waals surface area (Å²) in [6, 6.07) is 0. The number of carbonyl (C=O) groups excluding carboxylic acids is 4. The van der Waals surface area contributed by atoms with Crippen LogP contribution >= 0.6 is 0 Å². The van der Waals surface area contributed by atoms with Gasteiger partial charge in [-0.2, -0.15) is 0 Å². The van der Waals surface area contributed by atoms with E-state index in [0.717, 1.165) is 110 Å². The maximum atomic E-state index is 13.3. The second-order valence-corrected chi connectivity index (χ2v) is 36.6. The molecule has 0 spiro atoms. The van der Waals surface area contributed by atoms with Crippen LogP contribution in [0.15, 0.2) is 35.6 Å². The quantitative estimate of drug-likeness (QED) is 0.0648. The number of carboxylic acids is 3. The van der Waals surface area contributed by atoms with Gasteiger partial charge < -0.3 is 102 Å². The Morgan fingerprint density at radius 2 is 1.19 bits per heavy atom. The predicted molar refractivity (Wildman–Crippen MR) is 400 cm³/mol. The molecule has 32 atom stereocenters. The molecule has 0 radical (unpaired) electrons. The minimum Gasteiger partial charge on any atom is -0.513 e. The fourth-order valence-electron chi connectivity index (χ4n) is 22.7. The van der Waals surface area contributed by atoms with Crippen molar-refractivity contribution < 1.29 is 136 Å². The highest BCUT2D eigenvalue weighted by atomic mass is 16.4. The molecule has 8 saturated carbocycles. The summed E-state index contributed by atoms with van der Waals surface area (Å²) in [7, 11) is 0. The molecule has 0 heterocycles. The first-order chi connectivity index (χ1) is 50.1. The highest BCUT2D eigenvalue weighted by molar-refractivity contribution is 5.88. The van der Waals surface area contributed by atoms with Crippen molar-refractivity contribution in [2.24, 2.45) is 114 Å². The molecule has 10 rings (SSSR count). The first-order valence-electron chi connectivity index (χ1n) is 39.3. The van der Waals surface area contributed by atoms with E-state index in [2.05, 4.69) is 68.0 Å². The van der Waals surface area contributed by atoms with Gasteiger partial charge in [0.25, 0.3) is 0 Å². The number of rotatable bonds is 18. The molecule has 0 amide bonds. The van der Waals surface area contributed by atoms with E-state index in [1.807, 2.05) is 13.8 Å². The Morgan fingerprint density at radius 3 is 1.67 bits per heavy atom. The molecule has 27 nitrogen and oxygen atoms in total. The smallest absolute Gasteiger partial charge is 0.335 e. The number of allylic oxidation sites excluding steroid dienone is 3. The van der Waals surface area contributed by atoms with E-state index in [1.54, 1.807) is 12.5 Å². The average Bonchev–Trinajstić information content (AvgIpc) is 1.13. The summed E-state index contributed by atoms with van der Waals surface area (Å²) < 4.78 is 0. The van der Waals surface area contributed by atoms with E-state index in [-0.39, 0.29) is 112 Å². The van der Waals surface area contributed by atoms with Gasteiger partial charge in [0.2, 0.25) is 0 Å². The summed E-state index contributed by atoms with van der Waals surface area (Å²) in [6.45, 7) is 32.4. The molecule has 0 aromatic heterocycles. The molecule has 0 aromatic rings. The maximum absolute atomic E-state index is 13.3. The lowest BCUT2D eigenvalue weighted by molar-refractivity contribution is -0.243. The lowest BCUT2D eigenvalue weighted by Gasteiger charge is -2.72.